The molecule has 0 radical (unpaired) electrons. The van der Waals surface area contributed by atoms with E-state index in [4.69, 9.17) is 16.3 Å². The van der Waals surface area contributed by atoms with Crippen molar-refractivity contribution in [3.63, 3.8) is 0 Å². The predicted octanol–water partition coefficient (Wildman–Crippen LogP) is 3.28. The van der Waals surface area contributed by atoms with Crippen molar-refractivity contribution in [1.29, 1.82) is 0 Å². The molecule has 0 spiro atoms. The lowest BCUT2D eigenvalue weighted by atomic mass is 10.1. The van der Waals surface area contributed by atoms with Gasteiger partial charge in [0.15, 0.2) is 6.10 Å². The van der Waals surface area contributed by atoms with Gasteiger partial charge in [0, 0.05) is 24.5 Å². The van der Waals surface area contributed by atoms with Crippen LogP contribution in [0.15, 0.2) is 48.5 Å². The Morgan fingerprint density at radius 3 is 2.88 bits per heavy atom. The third-order valence-electron chi connectivity index (χ3n) is 4.30. The van der Waals surface area contributed by atoms with Crippen LogP contribution in [0.2, 0.25) is 5.02 Å². The van der Waals surface area contributed by atoms with E-state index in [0.717, 1.165) is 30.8 Å². The Bertz CT molecular complexity index is 721. The third kappa shape index (κ3) is 4.97. The Labute approximate surface area is 153 Å². The number of hydrogen-bond acceptors (Lipinski definition) is 3. The summed E-state index contributed by atoms with van der Waals surface area (Å²) >= 11 is 5.98. The number of hydrogen-bond donors (Lipinski definition) is 1. The van der Waals surface area contributed by atoms with Crippen molar-refractivity contribution >= 4 is 17.5 Å². The molecule has 0 aliphatic carbocycles. The van der Waals surface area contributed by atoms with Crippen molar-refractivity contribution in [2.75, 3.05) is 20.1 Å². The largest absolute Gasteiger partial charge is 0.480 e. The summed E-state index contributed by atoms with van der Waals surface area (Å²) in [6.07, 6.45) is 1.03. The number of amides is 1. The lowest BCUT2D eigenvalue weighted by Crippen LogP contribution is -2.38. The number of nitrogens with one attached hydrogen (secondary N) is 1. The second-order valence-electron chi connectivity index (χ2n) is 6.43. The van der Waals surface area contributed by atoms with Crippen molar-refractivity contribution in [2.24, 2.45) is 0 Å². The van der Waals surface area contributed by atoms with E-state index in [9.17, 15) is 4.79 Å². The van der Waals surface area contributed by atoms with Gasteiger partial charge in [-0.2, -0.15) is 0 Å². The van der Waals surface area contributed by atoms with E-state index in [2.05, 4.69) is 41.5 Å². The first-order valence-electron chi connectivity index (χ1n) is 8.57. The topological polar surface area (TPSA) is 41.6 Å². The number of benzene rings is 2. The Morgan fingerprint density at radius 2 is 2.08 bits per heavy atom. The lowest BCUT2D eigenvalue weighted by Gasteiger charge is -2.17. The molecule has 1 heterocycles. The molecule has 25 heavy (non-hydrogen) atoms. The molecule has 0 saturated heterocycles. The molecule has 1 amide bonds. The zero-order valence-corrected chi connectivity index (χ0v) is 15.1. The fourth-order valence-corrected chi connectivity index (χ4v) is 3.21. The van der Waals surface area contributed by atoms with Gasteiger partial charge in [-0.15, -0.1) is 0 Å². The van der Waals surface area contributed by atoms with Crippen molar-refractivity contribution in [1.82, 2.24) is 10.2 Å². The summed E-state index contributed by atoms with van der Waals surface area (Å²) in [7, 11) is 2.09. The van der Waals surface area contributed by atoms with Gasteiger partial charge in [-0.25, -0.2) is 0 Å². The highest BCUT2D eigenvalue weighted by Gasteiger charge is 2.28. The number of nitrogens with zero attached hydrogens (tertiary/aromatic N) is 1. The highest BCUT2D eigenvalue weighted by atomic mass is 35.5. The molecular weight excluding hydrogens is 336 g/mol. The van der Waals surface area contributed by atoms with Crippen molar-refractivity contribution in [3.05, 3.63) is 64.7 Å². The Balaban J connectivity index is 1.36. The summed E-state index contributed by atoms with van der Waals surface area (Å²) in [5.74, 6) is 0.699. The van der Waals surface area contributed by atoms with Crippen LogP contribution in [0.25, 0.3) is 0 Å². The van der Waals surface area contributed by atoms with Gasteiger partial charge in [-0.3, -0.25) is 4.79 Å². The number of ether oxygens (including phenoxy) is 1. The van der Waals surface area contributed by atoms with Crippen LogP contribution < -0.4 is 10.1 Å². The van der Waals surface area contributed by atoms with Gasteiger partial charge >= 0.3 is 0 Å². The summed E-state index contributed by atoms with van der Waals surface area (Å²) in [6.45, 7) is 2.49. The number of rotatable bonds is 7. The summed E-state index contributed by atoms with van der Waals surface area (Å²) in [4.78, 5) is 14.5. The highest BCUT2D eigenvalue weighted by molar-refractivity contribution is 6.30. The van der Waals surface area contributed by atoms with Gasteiger partial charge in [0.05, 0.1) is 0 Å². The van der Waals surface area contributed by atoms with Crippen LogP contribution in [0.4, 0.5) is 0 Å². The number of fused-ring (bicyclic) bond motifs is 1. The fourth-order valence-electron chi connectivity index (χ4n) is 3.01. The second kappa shape index (κ2) is 8.37. The minimum Gasteiger partial charge on any atom is -0.480 e. The van der Waals surface area contributed by atoms with Gasteiger partial charge in [0.1, 0.15) is 5.75 Å². The summed E-state index contributed by atoms with van der Waals surface area (Å²) < 4.78 is 5.70. The molecule has 3 rings (SSSR count). The monoisotopic (exact) mass is 358 g/mol. The zero-order chi connectivity index (χ0) is 17.6. The van der Waals surface area contributed by atoms with Crippen LogP contribution in [0, 0.1) is 0 Å². The molecule has 0 saturated carbocycles. The van der Waals surface area contributed by atoms with Gasteiger partial charge < -0.3 is 15.0 Å². The Morgan fingerprint density at radius 1 is 1.28 bits per heavy atom. The van der Waals surface area contributed by atoms with Crippen LogP contribution in [-0.2, 0) is 17.8 Å². The van der Waals surface area contributed by atoms with Crippen LogP contribution in [0.3, 0.4) is 0 Å². The van der Waals surface area contributed by atoms with E-state index >= 15 is 0 Å². The molecule has 0 bridgehead atoms. The first-order chi connectivity index (χ1) is 12.1. The SMILES string of the molecule is CN(CCCNC(=O)C1Cc2cc(Cl)ccc2O1)Cc1ccccc1. The van der Waals surface area contributed by atoms with Crippen LogP contribution in [0.1, 0.15) is 17.5 Å². The fraction of sp³-hybridized carbons (Fsp3) is 0.350. The lowest BCUT2D eigenvalue weighted by molar-refractivity contribution is -0.127. The quantitative estimate of drug-likeness (QED) is 0.772. The number of carbonyl (C=O) groups is 1. The van der Waals surface area contributed by atoms with Crippen LogP contribution >= 0.6 is 11.6 Å². The molecule has 2 aromatic carbocycles. The van der Waals surface area contributed by atoms with E-state index in [0.29, 0.717) is 18.0 Å². The molecule has 1 atom stereocenters. The van der Waals surface area contributed by atoms with E-state index in [1.54, 1.807) is 6.07 Å². The van der Waals surface area contributed by atoms with E-state index < -0.39 is 6.10 Å². The predicted molar refractivity (Wildman–Crippen MR) is 100.0 cm³/mol. The van der Waals surface area contributed by atoms with Gasteiger partial charge in [0.2, 0.25) is 0 Å². The standard InChI is InChI=1S/C20H23ClN2O2/c1-23(14-15-6-3-2-4-7-15)11-5-10-22-20(24)19-13-16-12-17(21)8-9-18(16)25-19/h2-4,6-9,12,19H,5,10-11,13-14H2,1H3,(H,22,24). The van der Waals surface area contributed by atoms with Crippen molar-refractivity contribution in [2.45, 2.75) is 25.5 Å². The average molecular weight is 359 g/mol. The molecule has 4 nitrogen and oxygen atoms in total. The molecule has 1 unspecified atom stereocenters. The maximum Gasteiger partial charge on any atom is 0.261 e. The van der Waals surface area contributed by atoms with Crippen LogP contribution in [-0.4, -0.2) is 37.0 Å². The number of carbonyl (C=O) groups excluding carboxylic acids is 1. The minimum absolute atomic E-state index is 0.0574. The van der Waals surface area contributed by atoms with E-state index in [-0.39, 0.29) is 5.91 Å². The molecule has 132 valence electrons. The molecule has 1 aliphatic heterocycles. The maximum absolute atomic E-state index is 12.3. The molecular formula is C20H23ClN2O2. The van der Waals surface area contributed by atoms with Crippen molar-refractivity contribution < 1.29 is 9.53 Å². The second-order valence-corrected chi connectivity index (χ2v) is 6.87. The first-order valence-corrected chi connectivity index (χ1v) is 8.95. The first kappa shape index (κ1) is 17.8. The molecule has 0 fully saturated rings. The zero-order valence-electron chi connectivity index (χ0n) is 14.4. The highest BCUT2D eigenvalue weighted by Crippen LogP contribution is 2.31. The van der Waals surface area contributed by atoms with Crippen molar-refractivity contribution in [3.8, 4) is 5.75 Å². The molecule has 1 N–H and O–H groups in total. The normalized spacial score (nSPS) is 15.7. The Kier molecular flexibility index (Phi) is 5.95. The smallest absolute Gasteiger partial charge is 0.261 e. The van der Waals surface area contributed by atoms with E-state index in [1.165, 1.54) is 5.56 Å². The number of halogens is 1. The van der Waals surface area contributed by atoms with Gasteiger partial charge in [-0.1, -0.05) is 41.9 Å². The van der Waals surface area contributed by atoms with E-state index in [1.807, 2.05) is 18.2 Å². The molecule has 2 aromatic rings. The Hall–Kier alpha value is -2.04. The summed E-state index contributed by atoms with van der Waals surface area (Å²) in [5.41, 5.74) is 2.29. The molecule has 1 aliphatic rings. The van der Waals surface area contributed by atoms with Gasteiger partial charge in [-0.05, 0) is 49.3 Å². The molecule has 0 aromatic heterocycles. The summed E-state index contributed by atoms with van der Waals surface area (Å²) in [5, 5.41) is 3.64. The molecule has 5 heteroatoms. The van der Waals surface area contributed by atoms with Crippen LogP contribution in [0.5, 0.6) is 5.75 Å². The maximum atomic E-state index is 12.3. The third-order valence-corrected chi connectivity index (χ3v) is 4.54. The minimum atomic E-state index is -0.449. The summed E-state index contributed by atoms with van der Waals surface area (Å²) in [6, 6.07) is 15.8. The van der Waals surface area contributed by atoms with Gasteiger partial charge in [0.25, 0.3) is 5.91 Å². The average Bonchev–Trinajstić information content (AvgIpc) is 3.02.